The Morgan fingerprint density at radius 1 is 1.00 bits per heavy atom. The molecule has 146 valence electrons. The summed E-state index contributed by atoms with van der Waals surface area (Å²) in [6, 6.07) is 20.9. The number of carboxylic acids is 1. The molecule has 1 unspecified atom stereocenters. The van der Waals surface area contributed by atoms with Crippen molar-refractivity contribution < 1.29 is 9.90 Å². The Morgan fingerprint density at radius 2 is 1.52 bits per heavy atom. The Labute approximate surface area is 172 Å². The summed E-state index contributed by atoms with van der Waals surface area (Å²) < 4.78 is 0. The van der Waals surface area contributed by atoms with Gasteiger partial charge in [0.05, 0.1) is 5.92 Å². The lowest BCUT2D eigenvalue weighted by atomic mass is 9.67. The van der Waals surface area contributed by atoms with Gasteiger partial charge in [-0.25, -0.2) is 0 Å². The predicted molar refractivity (Wildman–Crippen MR) is 112 cm³/mol. The van der Waals surface area contributed by atoms with Gasteiger partial charge in [-0.05, 0) is 30.0 Å². The van der Waals surface area contributed by atoms with E-state index in [0.717, 1.165) is 13.0 Å². The third-order valence-corrected chi connectivity index (χ3v) is 5.98. The number of piperidine rings is 3. The minimum atomic E-state index is -0.709. The number of halogens is 2. The number of carboxylic acid groups (broad SMARTS) is 1. The Morgan fingerprint density at radius 3 is 1.96 bits per heavy atom. The van der Waals surface area contributed by atoms with E-state index in [1.807, 2.05) is 12.1 Å². The van der Waals surface area contributed by atoms with Gasteiger partial charge in [-0.3, -0.25) is 9.69 Å². The minimum Gasteiger partial charge on any atom is -0.481 e. The van der Waals surface area contributed by atoms with Gasteiger partial charge in [0.15, 0.2) is 0 Å². The van der Waals surface area contributed by atoms with Crippen molar-refractivity contribution in [2.45, 2.75) is 24.4 Å². The number of fused-ring (bicyclic) bond motifs is 3. The van der Waals surface area contributed by atoms with Crippen molar-refractivity contribution in [2.24, 2.45) is 17.6 Å². The quantitative estimate of drug-likeness (QED) is 0.813. The standard InChI is InChI=1S/C21H24N2O2.2ClH/c22-19-16-11-12-23(13-17(16)21(24)25)20(19)18(14-7-3-1-4-8-14)15-9-5-2-6-10-15;;/h1-10,16-20H,11-13,22H2,(H,24,25);2*1H/t16-,17-,19-,20+;;/m0../s1. The van der Waals surface area contributed by atoms with Gasteiger partial charge in [0.1, 0.15) is 0 Å². The van der Waals surface area contributed by atoms with Crippen molar-refractivity contribution in [3.8, 4) is 0 Å². The lowest BCUT2D eigenvalue weighted by Gasteiger charge is -2.54. The summed E-state index contributed by atoms with van der Waals surface area (Å²) in [6.07, 6.45) is 0.880. The molecule has 3 N–H and O–H groups in total. The van der Waals surface area contributed by atoms with Gasteiger partial charge in [-0.1, -0.05) is 60.7 Å². The van der Waals surface area contributed by atoms with Gasteiger partial charge in [0, 0.05) is 24.5 Å². The highest BCUT2D eigenvalue weighted by Crippen LogP contribution is 2.43. The number of hydrogen-bond acceptors (Lipinski definition) is 3. The van der Waals surface area contributed by atoms with Gasteiger partial charge in [0.2, 0.25) is 0 Å². The van der Waals surface area contributed by atoms with E-state index in [1.165, 1.54) is 11.1 Å². The molecular weight excluding hydrogens is 383 g/mol. The summed E-state index contributed by atoms with van der Waals surface area (Å²) in [5.41, 5.74) is 9.15. The summed E-state index contributed by atoms with van der Waals surface area (Å²) in [6.45, 7) is 1.54. The Bertz CT molecular complexity index is 703. The first-order valence-electron chi connectivity index (χ1n) is 8.99. The molecule has 0 amide bonds. The van der Waals surface area contributed by atoms with E-state index in [4.69, 9.17) is 5.73 Å². The van der Waals surface area contributed by atoms with Crippen molar-refractivity contribution in [2.75, 3.05) is 13.1 Å². The highest BCUT2D eigenvalue weighted by molar-refractivity contribution is 5.85. The SMILES string of the molecule is Cl.Cl.N[C@H]1[C@H]2CCN(C[C@@H]2C(=O)O)[C@@H]1C(c1ccccc1)c1ccccc1. The van der Waals surface area contributed by atoms with Crippen LogP contribution in [0.3, 0.4) is 0 Å². The third-order valence-electron chi connectivity index (χ3n) is 5.98. The fourth-order valence-electron chi connectivity index (χ4n) is 4.83. The van der Waals surface area contributed by atoms with Crippen LogP contribution >= 0.6 is 24.8 Å². The molecule has 0 spiro atoms. The molecular formula is C21H26Cl2N2O2. The lowest BCUT2D eigenvalue weighted by molar-refractivity contribution is -0.151. The van der Waals surface area contributed by atoms with Crippen molar-refractivity contribution in [3.05, 3.63) is 71.8 Å². The van der Waals surface area contributed by atoms with Crippen LogP contribution in [0.25, 0.3) is 0 Å². The van der Waals surface area contributed by atoms with Crippen LogP contribution in [-0.2, 0) is 4.79 Å². The molecule has 5 rings (SSSR count). The summed E-state index contributed by atoms with van der Waals surface area (Å²) in [5.74, 6) is -0.830. The zero-order valence-corrected chi connectivity index (χ0v) is 16.6. The number of carbonyl (C=O) groups is 1. The van der Waals surface area contributed by atoms with Crippen molar-refractivity contribution in [1.82, 2.24) is 4.90 Å². The molecule has 27 heavy (non-hydrogen) atoms. The van der Waals surface area contributed by atoms with Crippen LogP contribution in [0.4, 0.5) is 0 Å². The van der Waals surface area contributed by atoms with Gasteiger partial charge in [-0.15, -0.1) is 24.8 Å². The highest BCUT2D eigenvalue weighted by Gasteiger charge is 2.51. The molecule has 2 aromatic carbocycles. The molecule has 6 heteroatoms. The molecule has 3 heterocycles. The average Bonchev–Trinajstić information content (AvgIpc) is 2.66. The topological polar surface area (TPSA) is 66.6 Å². The molecule has 0 aromatic heterocycles. The van der Waals surface area contributed by atoms with Crippen molar-refractivity contribution in [3.63, 3.8) is 0 Å². The van der Waals surface area contributed by atoms with E-state index in [-0.39, 0.29) is 54.7 Å². The normalized spacial score (nSPS) is 28.9. The van der Waals surface area contributed by atoms with E-state index in [0.29, 0.717) is 6.54 Å². The second-order valence-electron chi connectivity index (χ2n) is 7.26. The van der Waals surface area contributed by atoms with E-state index < -0.39 is 5.97 Å². The molecule has 3 fully saturated rings. The smallest absolute Gasteiger partial charge is 0.308 e. The lowest BCUT2D eigenvalue weighted by Crippen LogP contribution is -2.67. The number of hydrogen-bond donors (Lipinski definition) is 2. The summed E-state index contributed by atoms with van der Waals surface area (Å²) in [5, 5.41) is 9.55. The van der Waals surface area contributed by atoms with E-state index in [9.17, 15) is 9.90 Å². The van der Waals surface area contributed by atoms with Gasteiger partial charge >= 0.3 is 5.97 Å². The molecule has 0 saturated carbocycles. The first kappa shape index (κ1) is 21.7. The second-order valence-corrected chi connectivity index (χ2v) is 7.26. The molecule has 3 saturated heterocycles. The minimum absolute atomic E-state index is 0. The molecule has 3 aliphatic heterocycles. The fraction of sp³-hybridized carbons (Fsp3) is 0.381. The van der Waals surface area contributed by atoms with Gasteiger partial charge in [0.25, 0.3) is 0 Å². The Kier molecular flexibility index (Phi) is 7.29. The number of rotatable bonds is 4. The van der Waals surface area contributed by atoms with Crippen LogP contribution in [0.1, 0.15) is 23.5 Å². The molecule has 4 nitrogen and oxygen atoms in total. The number of benzene rings is 2. The molecule has 0 aliphatic carbocycles. The van der Waals surface area contributed by atoms with Gasteiger partial charge in [-0.2, -0.15) is 0 Å². The van der Waals surface area contributed by atoms with Crippen LogP contribution in [0.15, 0.2) is 60.7 Å². The maximum absolute atomic E-state index is 11.6. The van der Waals surface area contributed by atoms with E-state index in [1.54, 1.807) is 0 Å². The largest absolute Gasteiger partial charge is 0.481 e. The molecule has 2 aromatic rings. The molecule has 0 radical (unpaired) electrons. The number of nitrogens with two attached hydrogens (primary N) is 1. The maximum Gasteiger partial charge on any atom is 0.308 e. The molecule has 3 aliphatic rings. The van der Waals surface area contributed by atoms with Crippen LogP contribution in [-0.4, -0.2) is 41.1 Å². The predicted octanol–water partition coefficient (Wildman–Crippen LogP) is 3.39. The third kappa shape index (κ3) is 3.99. The van der Waals surface area contributed by atoms with Crippen LogP contribution < -0.4 is 5.73 Å². The van der Waals surface area contributed by atoms with Crippen LogP contribution in [0.5, 0.6) is 0 Å². The number of nitrogens with zero attached hydrogens (tertiary/aromatic N) is 1. The Balaban J connectivity index is 0.00000131. The van der Waals surface area contributed by atoms with Crippen molar-refractivity contribution >= 4 is 30.8 Å². The van der Waals surface area contributed by atoms with E-state index in [2.05, 4.69) is 53.4 Å². The summed E-state index contributed by atoms with van der Waals surface area (Å²) in [4.78, 5) is 13.9. The van der Waals surface area contributed by atoms with E-state index >= 15 is 0 Å². The summed E-state index contributed by atoms with van der Waals surface area (Å²) in [7, 11) is 0. The zero-order chi connectivity index (χ0) is 17.4. The van der Waals surface area contributed by atoms with Crippen LogP contribution in [0, 0.1) is 11.8 Å². The number of aliphatic carboxylic acids is 1. The highest BCUT2D eigenvalue weighted by atomic mass is 35.5. The van der Waals surface area contributed by atoms with Crippen molar-refractivity contribution in [1.29, 1.82) is 0 Å². The monoisotopic (exact) mass is 408 g/mol. The van der Waals surface area contributed by atoms with Crippen LogP contribution in [0.2, 0.25) is 0 Å². The van der Waals surface area contributed by atoms with Gasteiger partial charge < -0.3 is 10.8 Å². The summed E-state index contributed by atoms with van der Waals surface area (Å²) >= 11 is 0. The molecule has 5 atom stereocenters. The maximum atomic E-state index is 11.6. The zero-order valence-electron chi connectivity index (χ0n) is 15.0. The second kappa shape index (κ2) is 9.07. The fourth-order valence-corrected chi connectivity index (χ4v) is 4.83. The molecule has 2 bridgehead atoms. The first-order valence-corrected chi connectivity index (χ1v) is 8.99. The Hall–Kier alpha value is -1.59. The average molecular weight is 409 g/mol. The first-order chi connectivity index (χ1) is 12.2.